The van der Waals surface area contributed by atoms with Gasteiger partial charge in [-0.15, -0.1) is 0 Å². The van der Waals surface area contributed by atoms with Gasteiger partial charge >= 0.3 is 19.8 Å². The molecular formula is C56H103NO8P+. The smallest absolute Gasteiger partial charge is 0.462 e. The van der Waals surface area contributed by atoms with Gasteiger partial charge in [-0.3, -0.25) is 18.6 Å². The molecule has 0 heterocycles. The highest BCUT2D eigenvalue weighted by Gasteiger charge is 2.27. The molecule has 2 atom stereocenters. The number of esters is 2. The Balaban J connectivity index is 4.29. The molecule has 0 bridgehead atoms. The van der Waals surface area contributed by atoms with Crippen LogP contribution in [0.5, 0.6) is 0 Å². The van der Waals surface area contributed by atoms with Crippen LogP contribution in [0.25, 0.3) is 0 Å². The molecular weight excluding hydrogens is 846 g/mol. The number of quaternary nitrogens is 1. The molecule has 0 radical (unpaired) electrons. The number of allylic oxidation sites excluding steroid dienone is 10. The van der Waals surface area contributed by atoms with Crippen LogP contribution in [0.3, 0.4) is 0 Å². The van der Waals surface area contributed by atoms with Crippen molar-refractivity contribution in [3.05, 3.63) is 60.8 Å². The number of likely N-dealkylation sites (N-methyl/N-ethyl adjacent to an activating group) is 1. The molecule has 0 spiro atoms. The molecule has 1 N–H and O–H groups in total. The normalized spacial score (nSPS) is 13.8. The Hall–Kier alpha value is -2.29. The lowest BCUT2D eigenvalue weighted by Gasteiger charge is -2.24. The molecule has 0 aliphatic rings. The SMILES string of the molecule is CCCCC/C=C/C/C=C/C/C=C/C/C=C/CCCCCC(=O)O[C@H](COC(=O)CCC/C=C/CCCCCCCCCCCCCCCCCCCC)COP(=O)(O)OCC[N+](C)(C)C. The highest BCUT2D eigenvalue weighted by Crippen LogP contribution is 2.43. The van der Waals surface area contributed by atoms with Gasteiger partial charge in [-0.25, -0.2) is 4.57 Å². The minimum absolute atomic E-state index is 0.0196. The third-order valence-electron chi connectivity index (χ3n) is 11.5. The predicted octanol–water partition coefficient (Wildman–Crippen LogP) is 16.4. The highest BCUT2D eigenvalue weighted by molar-refractivity contribution is 7.47. The summed E-state index contributed by atoms with van der Waals surface area (Å²) in [7, 11) is 1.44. The molecule has 10 heteroatoms. The molecule has 1 unspecified atom stereocenters. The fraction of sp³-hybridized carbons (Fsp3) is 0.786. The van der Waals surface area contributed by atoms with Gasteiger partial charge in [-0.05, 0) is 77.0 Å². The lowest BCUT2D eigenvalue weighted by Crippen LogP contribution is -2.37. The Morgan fingerprint density at radius 3 is 1.30 bits per heavy atom. The Morgan fingerprint density at radius 1 is 0.470 bits per heavy atom. The number of rotatable bonds is 49. The number of ether oxygens (including phenoxy) is 2. The fourth-order valence-corrected chi connectivity index (χ4v) is 8.04. The molecule has 0 fully saturated rings. The zero-order chi connectivity index (χ0) is 48.5. The quantitative estimate of drug-likeness (QED) is 0.0211. The molecule has 0 aromatic rings. The van der Waals surface area contributed by atoms with E-state index in [9.17, 15) is 19.0 Å². The van der Waals surface area contributed by atoms with Crippen molar-refractivity contribution in [3.63, 3.8) is 0 Å². The molecule has 384 valence electrons. The van der Waals surface area contributed by atoms with Crippen LogP contribution in [0.2, 0.25) is 0 Å². The summed E-state index contributed by atoms with van der Waals surface area (Å²) in [6.45, 7) is 4.35. The van der Waals surface area contributed by atoms with Crippen LogP contribution in [0.4, 0.5) is 0 Å². The fourth-order valence-electron chi connectivity index (χ4n) is 7.30. The van der Waals surface area contributed by atoms with E-state index in [-0.39, 0.29) is 26.1 Å². The van der Waals surface area contributed by atoms with Crippen molar-refractivity contribution in [1.82, 2.24) is 0 Å². The van der Waals surface area contributed by atoms with Crippen molar-refractivity contribution in [2.45, 2.75) is 238 Å². The van der Waals surface area contributed by atoms with Gasteiger partial charge in [0.1, 0.15) is 19.8 Å². The monoisotopic (exact) mass is 949 g/mol. The van der Waals surface area contributed by atoms with Gasteiger partial charge in [-0.1, -0.05) is 203 Å². The van der Waals surface area contributed by atoms with Crippen molar-refractivity contribution in [2.75, 3.05) is 47.5 Å². The van der Waals surface area contributed by atoms with Crippen LogP contribution >= 0.6 is 7.82 Å². The van der Waals surface area contributed by atoms with Gasteiger partial charge in [0.25, 0.3) is 0 Å². The molecule has 0 aromatic heterocycles. The van der Waals surface area contributed by atoms with E-state index in [1.54, 1.807) is 0 Å². The maximum atomic E-state index is 12.8. The number of phosphoric acid groups is 1. The first-order valence-corrected chi connectivity index (χ1v) is 28.5. The molecule has 0 aromatic carbocycles. The van der Waals surface area contributed by atoms with Crippen molar-refractivity contribution in [3.8, 4) is 0 Å². The first-order chi connectivity index (χ1) is 32.0. The molecule has 9 nitrogen and oxygen atoms in total. The molecule has 0 amide bonds. The van der Waals surface area contributed by atoms with E-state index in [1.807, 2.05) is 21.1 Å². The number of nitrogens with zero attached hydrogens (tertiary/aromatic N) is 1. The van der Waals surface area contributed by atoms with Gasteiger partial charge in [0.15, 0.2) is 6.10 Å². The first kappa shape index (κ1) is 63.7. The zero-order valence-electron chi connectivity index (χ0n) is 43.4. The number of hydrogen-bond acceptors (Lipinski definition) is 7. The molecule has 66 heavy (non-hydrogen) atoms. The second-order valence-corrected chi connectivity index (χ2v) is 20.7. The summed E-state index contributed by atoms with van der Waals surface area (Å²) < 4.78 is 34.4. The van der Waals surface area contributed by atoms with E-state index in [0.717, 1.165) is 51.4 Å². The lowest BCUT2D eigenvalue weighted by molar-refractivity contribution is -0.870. The largest absolute Gasteiger partial charge is 0.472 e. The second kappa shape index (κ2) is 47.8. The molecule has 0 aliphatic carbocycles. The van der Waals surface area contributed by atoms with Crippen LogP contribution in [-0.4, -0.2) is 74.9 Å². The topological polar surface area (TPSA) is 108 Å². The van der Waals surface area contributed by atoms with Gasteiger partial charge in [-0.2, -0.15) is 0 Å². The number of hydrogen-bond donors (Lipinski definition) is 1. The minimum Gasteiger partial charge on any atom is -0.462 e. The number of unbranched alkanes of at least 4 members (excludes halogenated alkanes) is 25. The van der Waals surface area contributed by atoms with Crippen LogP contribution < -0.4 is 0 Å². The molecule has 0 saturated heterocycles. The van der Waals surface area contributed by atoms with Crippen molar-refractivity contribution in [1.29, 1.82) is 0 Å². The third kappa shape index (κ3) is 51.1. The van der Waals surface area contributed by atoms with Crippen LogP contribution in [-0.2, 0) is 32.7 Å². The molecule has 0 rings (SSSR count). The highest BCUT2D eigenvalue weighted by atomic mass is 31.2. The van der Waals surface area contributed by atoms with Gasteiger partial charge < -0.3 is 18.9 Å². The van der Waals surface area contributed by atoms with E-state index in [4.69, 9.17) is 18.5 Å². The van der Waals surface area contributed by atoms with Crippen LogP contribution in [0.15, 0.2) is 60.8 Å². The van der Waals surface area contributed by atoms with E-state index in [0.29, 0.717) is 23.9 Å². The van der Waals surface area contributed by atoms with Crippen LogP contribution in [0.1, 0.15) is 232 Å². The predicted molar refractivity (Wildman–Crippen MR) is 279 cm³/mol. The van der Waals surface area contributed by atoms with Gasteiger partial charge in [0, 0.05) is 12.8 Å². The van der Waals surface area contributed by atoms with E-state index < -0.39 is 32.5 Å². The van der Waals surface area contributed by atoms with E-state index in [1.165, 1.54) is 141 Å². The molecule has 0 saturated carbocycles. The van der Waals surface area contributed by atoms with Crippen molar-refractivity contribution >= 4 is 19.8 Å². The average Bonchev–Trinajstić information content (AvgIpc) is 3.27. The van der Waals surface area contributed by atoms with Gasteiger partial charge in [0.2, 0.25) is 0 Å². The maximum absolute atomic E-state index is 12.8. The standard InChI is InChI=1S/C56H102NO8P/c1-6-8-10-12-14-16-18-20-22-24-26-27-28-29-31-32-34-36-38-40-42-44-46-48-55(58)62-52-54(53-64-66(60,61)63-51-50-57(3,4)5)65-56(59)49-47-45-43-41-39-37-35-33-30-25-23-21-19-17-15-13-11-9-7-2/h15,17,21,23,30,33,37,39-40,42,54H,6-14,16,18-20,22,24-29,31-32,34-36,38,41,43-53H2,1-5H3/p+1/b17-15+,23-21+,33-30+,39-37+,42-40+/t54-/m1/s1. The second-order valence-electron chi connectivity index (χ2n) is 19.3. The summed E-state index contributed by atoms with van der Waals surface area (Å²) in [5.74, 6) is -0.868. The minimum atomic E-state index is -4.40. The van der Waals surface area contributed by atoms with Crippen molar-refractivity contribution < 1.29 is 42.1 Å². The summed E-state index contributed by atoms with van der Waals surface area (Å²) in [5, 5.41) is 0. The Labute approximate surface area is 406 Å². The average molecular weight is 949 g/mol. The zero-order valence-corrected chi connectivity index (χ0v) is 44.3. The lowest BCUT2D eigenvalue weighted by atomic mass is 10.0. The van der Waals surface area contributed by atoms with Crippen LogP contribution in [0, 0.1) is 0 Å². The summed E-state index contributed by atoms with van der Waals surface area (Å²) in [5.41, 5.74) is 0. The van der Waals surface area contributed by atoms with Crippen molar-refractivity contribution in [2.24, 2.45) is 0 Å². The summed E-state index contributed by atoms with van der Waals surface area (Å²) in [6.07, 6.45) is 60.1. The summed E-state index contributed by atoms with van der Waals surface area (Å²) in [6, 6.07) is 0. The number of carbonyl (C=O) groups is 2. The Bertz CT molecular complexity index is 1300. The Kier molecular flexibility index (Phi) is 46.1. The Morgan fingerprint density at radius 2 is 0.833 bits per heavy atom. The summed E-state index contributed by atoms with van der Waals surface area (Å²) >= 11 is 0. The first-order valence-electron chi connectivity index (χ1n) is 27.0. The van der Waals surface area contributed by atoms with E-state index in [2.05, 4.69) is 74.6 Å². The van der Waals surface area contributed by atoms with Gasteiger partial charge in [0.05, 0.1) is 27.7 Å². The number of phosphoric ester groups is 1. The van der Waals surface area contributed by atoms with E-state index >= 15 is 0 Å². The third-order valence-corrected chi connectivity index (χ3v) is 12.5. The maximum Gasteiger partial charge on any atom is 0.472 e. The summed E-state index contributed by atoms with van der Waals surface area (Å²) in [4.78, 5) is 35.6. The number of carbonyl (C=O) groups excluding carboxylic acids is 2. The molecule has 0 aliphatic heterocycles.